The zero-order valence-corrected chi connectivity index (χ0v) is 12.6. The average Bonchev–Trinajstić information content (AvgIpc) is 2.30. The van der Waals surface area contributed by atoms with Crippen molar-refractivity contribution in [2.45, 2.75) is 13.3 Å². The summed E-state index contributed by atoms with van der Waals surface area (Å²) in [5.74, 6) is 2.63. The van der Waals surface area contributed by atoms with Gasteiger partial charge in [0.25, 0.3) is 0 Å². The quantitative estimate of drug-likeness (QED) is 0.849. The van der Waals surface area contributed by atoms with Crippen LogP contribution < -0.4 is 9.67 Å². The molecule has 0 aromatic heterocycles. The molecule has 0 bridgehead atoms. The predicted molar refractivity (Wildman–Crippen MR) is 75.7 cm³/mol. The minimum absolute atomic E-state index is 0.00739. The Morgan fingerprint density at radius 3 is 2.44 bits per heavy atom. The second-order valence-corrected chi connectivity index (χ2v) is 15.2. The van der Waals surface area contributed by atoms with Gasteiger partial charge in [0.15, 0.2) is 0 Å². The monoisotopic (exact) mass is 315 g/mol. The third-order valence-corrected chi connectivity index (χ3v) is 15.8. The molecule has 1 saturated heterocycles. The van der Waals surface area contributed by atoms with E-state index in [0.717, 1.165) is 5.69 Å². The third kappa shape index (κ3) is 3.47. The zero-order valence-electron chi connectivity index (χ0n) is 9.10. The van der Waals surface area contributed by atoms with Gasteiger partial charge in [0.2, 0.25) is 0 Å². The molecular weight excluding hydrogens is 301 g/mol. The number of hydrogen-bond donors (Lipinski definition) is 1. The van der Waals surface area contributed by atoms with Crippen molar-refractivity contribution in [2.75, 3.05) is 16.8 Å². The molecular formula is C11H14AsNOS2. The average molecular weight is 315 g/mol. The SMILES string of the molecule is CC(=O)Nc1ccc([As]2SCCCS2)cc1. The summed E-state index contributed by atoms with van der Waals surface area (Å²) in [6.07, 6.45) is 1.35. The molecule has 1 heterocycles. The molecule has 1 amide bonds. The number of hydrogen-bond acceptors (Lipinski definition) is 3. The van der Waals surface area contributed by atoms with E-state index in [-0.39, 0.29) is 5.91 Å². The standard InChI is InChI=1S/C11H14AsNOS2/c1-9(14)13-11-5-3-10(4-6-11)12-15-7-2-8-16-12/h3-6H,2,7-8H2,1H3,(H,13,14). The van der Waals surface area contributed by atoms with Crippen LogP contribution in [0.5, 0.6) is 0 Å². The first-order valence-corrected chi connectivity index (χ1v) is 12.6. The van der Waals surface area contributed by atoms with Gasteiger partial charge in [-0.1, -0.05) is 0 Å². The van der Waals surface area contributed by atoms with Crippen LogP contribution in [0.3, 0.4) is 0 Å². The van der Waals surface area contributed by atoms with Crippen LogP contribution in [0.4, 0.5) is 5.69 Å². The number of anilines is 1. The van der Waals surface area contributed by atoms with Gasteiger partial charge in [0.1, 0.15) is 0 Å². The molecule has 0 saturated carbocycles. The van der Waals surface area contributed by atoms with E-state index in [4.69, 9.17) is 0 Å². The van der Waals surface area contributed by atoms with Crippen molar-refractivity contribution in [3.8, 4) is 0 Å². The molecule has 0 spiro atoms. The Hall–Kier alpha value is -0.0516. The van der Waals surface area contributed by atoms with Gasteiger partial charge in [-0.3, -0.25) is 0 Å². The van der Waals surface area contributed by atoms with Crippen molar-refractivity contribution < 1.29 is 4.79 Å². The number of amides is 1. The van der Waals surface area contributed by atoms with E-state index in [1.165, 1.54) is 29.2 Å². The van der Waals surface area contributed by atoms with E-state index in [2.05, 4.69) is 37.5 Å². The fourth-order valence-corrected chi connectivity index (χ4v) is 14.5. The number of rotatable bonds is 2. The molecule has 0 radical (unpaired) electrons. The Kier molecular flexibility index (Phi) is 4.68. The molecule has 1 aliphatic heterocycles. The fourth-order valence-electron chi connectivity index (χ4n) is 1.41. The summed E-state index contributed by atoms with van der Waals surface area (Å²) < 4.78 is 1.50. The fraction of sp³-hybridized carbons (Fsp3) is 0.364. The number of nitrogens with one attached hydrogen (secondary N) is 1. The van der Waals surface area contributed by atoms with Gasteiger partial charge in [0.05, 0.1) is 0 Å². The second-order valence-electron chi connectivity index (χ2n) is 3.51. The van der Waals surface area contributed by atoms with E-state index in [9.17, 15) is 4.79 Å². The summed E-state index contributed by atoms with van der Waals surface area (Å²) >= 11 is -0.890. The topological polar surface area (TPSA) is 29.1 Å². The first kappa shape index (κ1) is 12.4. The first-order chi connectivity index (χ1) is 7.75. The van der Waals surface area contributed by atoms with Crippen LogP contribution in [0.25, 0.3) is 0 Å². The van der Waals surface area contributed by atoms with Gasteiger partial charge in [-0.15, -0.1) is 0 Å². The minimum atomic E-state index is -0.890. The summed E-state index contributed by atoms with van der Waals surface area (Å²) in [4.78, 5) is 10.9. The Balaban J connectivity index is 2.03. The van der Waals surface area contributed by atoms with Crippen LogP contribution in [0, 0.1) is 0 Å². The molecule has 1 aliphatic rings. The van der Waals surface area contributed by atoms with Gasteiger partial charge >= 0.3 is 108 Å². The summed E-state index contributed by atoms with van der Waals surface area (Å²) in [6, 6.07) is 8.38. The zero-order chi connectivity index (χ0) is 11.4. The summed E-state index contributed by atoms with van der Waals surface area (Å²) in [6.45, 7) is 1.54. The Bertz CT molecular complexity index is 363. The van der Waals surface area contributed by atoms with Gasteiger partial charge in [-0.25, -0.2) is 0 Å². The third-order valence-electron chi connectivity index (χ3n) is 2.10. The van der Waals surface area contributed by atoms with Crippen molar-refractivity contribution in [2.24, 2.45) is 0 Å². The Labute approximate surface area is 107 Å². The van der Waals surface area contributed by atoms with Crippen LogP contribution in [0.15, 0.2) is 24.3 Å². The molecule has 1 aromatic rings. The van der Waals surface area contributed by atoms with Gasteiger partial charge in [0, 0.05) is 0 Å². The molecule has 2 nitrogen and oxygen atoms in total. The molecule has 86 valence electrons. The van der Waals surface area contributed by atoms with Crippen molar-refractivity contribution in [1.29, 1.82) is 0 Å². The Morgan fingerprint density at radius 1 is 1.25 bits per heavy atom. The molecule has 2 rings (SSSR count). The van der Waals surface area contributed by atoms with Crippen LogP contribution in [-0.4, -0.2) is 29.8 Å². The maximum atomic E-state index is 10.9. The number of carbonyl (C=O) groups excluding carboxylic acids is 1. The van der Waals surface area contributed by atoms with E-state index in [0.29, 0.717) is 0 Å². The van der Waals surface area contributed by atoms with Crippen LogP contribution in [0.1, 0.15) is 13.3 Å². The second kappa shape index (κ2) is 6.04. The van der Waals surface area contributed by atoms with Crippen LogP contribution in [0.2, 0.25) is 0 Å². The summed E-state index contributed by atoms with van der Waals surface area (Å²) in [7, 11) is 4.32. The molecule has 1 N–H and O–H groups in total. The molecule has 16 heavy (non-hydrogen) atoms. The molecule has 1 aromatic carbocycles. The number of benzene rings is 1. The van der Waals surface area contributed by atoms with Crippen molar-refractivity contribution in [1.82, 2.24) is 0 Å². The molecule has 0 unspecified atom stereocenters. The van der Waals surface area contributed by atoms with E-state index >= 15 is 0 Å². The van der Waals surface area contributed by atoms with E-state index < -0.39 is 12.3 Å². The van der Waals surface area contributed by atoms with E-state index in [1.807, 2.05) is 12.1 Å². The van der Waals surface area contributed by atoms with Crippen molar-refractivity contribution in [3.05, 3.63) is 24.3 Å². The molecule has 5 heteroatoms. The van der Waals surface area contributed by atoms with Gasteiger partial charge in [-0.05, 0) is 0 Å². The summed E-state index contributed by atoms with van der Waals surface area (Å²) in [5, 5.41) is 2.80. The number of carbonyl (C=O) groups is 1. The van der Waals surface area contributed by atoms with Crippen LogP contribution in [-0.2, 0) is 4.79 Å². The maximum absolute atomic E-state index is 10.9. The molecule has 1 fully saturated rings. The first-order valence-electron chi connectivity index (χ1n) is 5.19. The van der Waals surface area contributed by atoms with E-state index in [1.54, 1.807) is 0 Å². The summed E-state index contributed by atoms with van der Waals surface area (Å²) in [5.41, 5.74) is 0.900. The Morgan fingerprint density at radius 2 is 1.88 bits per heavy atom. The van der Waals surface area contributed by atoms with Gasteiger partial charge < -0.3 is 0 Å². The van der Waals surface area contributed by atoms with Crippen LogP contribution >= 0.6 is 20.0 Å². The normalized spacial score (nSPS) is 17.1. The molecule has 0 aliphatic carbocycles. The molecule has 0 atom stereocenters. The van der Waals surface area contributed by atoms with Crippen molar-refractivity contribution >= 4 is 48.3 Å². The predicted octanol–water partition coefficient (Wildman–Crippen LogP) is 2.21. The van der Waals surface area contributed by atoms with Gasteiger partial charge in [-0.2, -0.15) is 0 Å². The van der Waals surface area contributed by atoms with Crippen molar-refractivity contribution in [3.63, 3.8) is 0 Å².